The minimum Gasteiger partial charge on any atom is -0.436 e. The van der Waals surface area contributed by atoms with Gasteiger partial charge in [-0.2, -0.15) is 15.2 Å². The third-order valence-corrected chi connectivity index (χ3v) is 6.03. The molecule has 10 heteroatoms. The third kappa shape index (κ3) is 4.60. The lowest BCUT2D eigenvalue weighted by Gasteiger charge is -2.15. The molecule has 0 unspecified atom stereocenters. The monoisotopic (exact) mass is 507 g/mol. The summed E-state index contributed by atoms with van der Waals surface area (Å²) in [7, 11) is 1.82. The first-order valence-corrected chi connectivity index (χ1v) is 11.6. The SMILES string of the molecule is Cc1cc(-c2ccc(C(N)=O)cc2F)cc(C)c1Oc1nc(Nc2ccc(C#N)cc2)nc2ncn(C)c12. The molecule has 9 nitrogen and oxygen atoms in total. The van der Waals surface area contributed by atoms with Crippen LogP contribution in [0.1, 0.15) is 27.0 Å². The second-order valence-corrected chi connectivity index (χ2v) is 8.79. The molecule has 3 N–H and O–H groups in total. The predicted octanol–water partition coefficient (Wildman–Crippen LogP) is 5.29. The van der Waals surface area contributed by atoms with Gasteiger partial charge in [0.25, 0.3) is 5.88 Å². The minimum absolute atomic E-state index is 0.106. The number of aromatic nitrogens is 4. The number of hydrogen-bond donors (Lipinski definition) is 2. The molecular weight excluding hydrogens is 485 g/mol. The van der Waals surface area contributed by atoms with Crippen molar-refractivity contribution in [3.63, 3.8) is 0 Å². The molecule has 0 fully saturated rings. The second-order valence-electron chi connectivity index (χ2n) is 8.79. The number of benzene rings is 3. The molecule has 0 saturated carbocycles. The Balaban J connectivity index is 1.51. The van der Waals surface area contributed by atoms with Crippen LogP contribution in [0.25, 0.3) is 22.3 Å². The van der Waals surface area contributed by atoms with Crippen molar-refractivity contribution in [1.82, 2.24) is 19.5 Å². The number of fused-ring (bicyclic) bond motifs is 1. The molecule has 0 radical (unpaired) electrons. The van der Waals surface area contributed by atoms with Crippen molar-refractivity contribution in [2.45, 2.75) is 13.8 Å². The van der Waals surface area contributed by atoms with Gasteiger partial charge in [-0.15, -0.1) is 0 Å². The van der Waals surface area contributed by atoms with Gasteiger partial charge in [-0.3, -0.25) is 4.79 Å². The van der Waals surface area contributed by atoms with Crippen molar-refractivity contribution in [1.29, 1.82) is 5.26 Å². The highest BCUT2D eigenvalue weighted by molar-refractivity contribution is 5.93. The number of primary amides is 1. The van der Waals surface area contributed by atoms with E-state index in [1.165, 1.54) is 12.1 Å². The van der Waals surface area contributed by atoms with Gasteiger partial charge < -0.3 is 20.4 Å². The summed E-state index contributed by atoms with van der Waals surface area (Å²) in [5.74, 6) is -0.0967. The summed E-state index contributed by atoms with van der Waals surface area (Å²) in [4.78, 5) is 24.8. The quantitative estimate of drug-likeness (QED) is 0.319. The molecular formula is C28H22FN7O2. The number of rotatable bonds is 6. The second kappa shape index (κ2) is 9.63. The van der Waals surface area contributed by atoms with Gasteiger partial charge in [0.2, 0.25) is 11.9 Å². The fourth-order valence-electron chi connectivity index (χ4n) is 4.17. The van der Waals surface area contributed by atoms with Crippen LogP contribution in [0.5, 0.6) is 11.6 Å². The molecule has 0 spiro atoms. The molecule has 0 aliphatic rings. The Kier molecular flexibility index (Phi) is 6.18. The van der Waals surface area contributed by atoms with E-state index >= 15 is 0 Å². The highest BCUT2D eigenvalue weighted by Gasteiger charge is 2.18. The summed E-state index contributed by atoms with van der Waals surface area (Å²) in [6.07, 6.45) is 1.62. The van der Waals surface area contributed by atoms with E-state index in [4.69, 9.17) is 15.7 Å². The Morgan fingerprint density at radius 2 is 1.79 bits per heavy atom. The van der Waals surface area contributed by atoms with Crippen LogP contribution in [0.2, 0.25) is 0 Å². The van der Waals surface area contributed by atoms with Crippen LogP contribution in [-0.2, 0) is 7.05 Å². The van der Waals surface area contributed by atoms with Gasteiger partial charge in [0.05, 0.1) is 18.0 Å². The van der Waals surface area contributed by atoms with Crippen molar-refractivity contribution in [2.75, 3.05) is 5.32 Å². The summed E-state index contributed by atoms with van der Waals surface area (Å²) >= 11 is 0. The Bertz CT molecular complexity index is 1730. The number of aryl methyl sites for hydroxylation is 3. The summed E-state index contributed by atoms with van der Waals surface area (Å²) in [5.41, 5.74) is 10.2. The van der Waals surface area contributed by atoms with E-state index in [0.717, 1.165) is 17.2 Å². The van der Waals surface area contributed by atoms with Crippen LogP contribution in [-0.4, -0.2) is 25.4 Å². The molecule has 2 aromatic heterocycles. The first-order valence-electron chi connectivity index (χ1n) is 11.6. The lowest BCUT2D eigenvalue weighted by Crippen LogP contribution is -2.11. The van der Waals surface area contributed by atoms with Gasteiger partial charge >= 0.3 is 0 Å². The Hall–Kier alpha value is -5.30. The summed E-state index contributed by atoms with van der Waals surface area (Å²) in [6.45, 7) is 3.72. The van der Waals surface area contributed by atoms with E-state index < -0.39 is 11.7 Å². The number of ether oxygens (including phenoxy) is 1. The number of nitrogens with one attached hydrogen (secondary N) is 1. The van der Waals surface area contributed by atoms with Gasteiger partial charge in [0.1, 0.15) is 11.6 Å². The summed E-state index contributed by atoms with van der Waals surface area (Å²) in [5, 5.41) is 12.2. The number of anilines is 2. The molecule has 38 heavy (non-hydrogen) atoms. The van der Waals surface area contributed by atoms with Crippen LogP contribution >= 0.6 is 0 Å². The fourth-order valence-corrected chi connectivity index (χ4v) is 4.17. The van der Waals surface area contributed by atoms with Crippen LogP contribution in [0, 0.1) is 31.0 Å². The molecule has 0 atom stereocenters. The average Bonchev–Trinajstić information content (AvgIpc) is 3.27. The van der Waals surface area contributed by atoms with Crippen LogP contribution < -0.4 is 15.8 Å². The number of carbonyl (C=O) groups excluding carboxylic acids is 1. The third-order valence-electron chi connectivity index (χ3n) is 6.03. The molecule has 0 bridgehead atoms. The van der Waals surface area contributed by atoms with Crippen LogP contribution in [0.3, 0.4) is 0 Å². The maximum Gasteiger partial charge on any atom is 0.250 e. The van der Waals surface area contributed by atoms with E-state index in [9.17, 15) is 9.18 Å². The molecule has 5 rings (SSSR count). The van der Waals surface area contributed by atoms with Crippen LogP contribution in [0.15, 0.2) is 60.9 Å². The summed E-state index contributed by atoms with van der Waals surface area (Å²) in [6, 6.07) is 16.8. The zero-order valence-electron chi connectivity index (χ0n) is 20.8. The lowest BCUT2D eigenvalue weighted by molar-refractivity contribution is 0.1000. The molecule has 2 heterocycles. The van der Waals surface area contributed by atoms with E-state index in [2.05, 4.69) is 26.3 Å². The average molecular weight is 508 g/mol. The maximum atomic E-state index is 14.8. The van der Waals surface area contributed by atoms with Crippen molar-refractivity contribution >= 4 is 28.7 Å². The van der Waals surface area contributed by atoms with Gasteiger partial charge in [0, 0.05) is 23.9 Å². The highest BCUT2D eigenvalue weighted by atomic mass is 19.1. The largest absolute Gasteiger partial charge is 0.436 e. The fraction of sp³-hybridized carbons (Fsp3) is 0.107. The molecule has 188 valence electrons. The molecule has 0 saturated heterocycles. The van der Waals surface area contributed by atoms with E-state index in [-0.39, 0.29) is 11.5 Å². The Morgan fingerprint density at radius 3 is 2.42 bits per heavy atom. The number of amides is 1. The van der Waals surface area contributed by atoms with Gasteiger partial charge in [-0.25, -0.2) is 9.37 Å². The Labute approximate surface area is 217 Å². The van der Waals surface area contributed by atoms with Crippen molar-refractivity contribution in [2.24, 2.45) is 12.8 Å². The van der Waals surface area contributed by atoms with E-state index in [0.29, 0.717) is 45.2 Å². The number of nitrogens with two attached hydrogens (primary N) is 1. The first-order chi connectivity index (χ1) is 18.2. The van der Waals surface area contributed by atoms with Crippen molar-refractivity contribution < 1.29 is 13.9 Å². The molecule has 0 aliphatic carbocycles. The summed E-state index contributed by atoms with van der Waals surface area (Å²) < 4.78 is 22.9. The normalized spacial score (nSPS) is 10.8. The van der Waals surface area contributed by atoms with Crippen LogP contribution in [0.4, 0.5) is 16.0 Å². The number of nitriles is 1. The molecule has 3 aromatic carbocycles. The number of halogens is 1. The van der Waals surface area contributed by atoms with Gasteiger partial charge in [-0.05, 0) is 79.1 Å². The topological polar surface area (TPSA) is 132 Å². The molecule has 0 aliphatic heterocycles. The zero-order valence-corrected chi connectivity index (χ0v) is 20.8. The molecule has 1 amide bonds. The number of hydrogen-bond acceptors (Lipinski definition) is 7. The number of imidazole rings is 1. The first kappa shape index (κ1) is 24.4. The smallest absolute Gasteiger partial charge is 0.250 e. The molecule has 5 aromatic rings. The predicted molar refractivity (Wildman–Crippen MR) is 141 cm³/mol. The number of nitrogens with zero attached hydrogens (tertiary/aromatic N) is 5. The van der Waals surface area contributed by atoms with Crippen molar-refractivity contribution in [3.8, 4) is 28.8 Å². The van der Waals surface area contributed by atoms with Gasteiger partial charge in [0.15, 0.2) is 11.2 Å². The Morgan fingerprint density at radius 1 is 1.08 bits per heavy atom. The number of carbonyl (C=O) groups is 1. The van der Waals surface area contributed by atoms with Crippen molar-refractivity contribution in [3.05, 3.63) is 89.0 Å². The highest BCUT2D eigenvalue weighted by Crippen LogP contribution is 2.36. The van der Waals surface area contributed by atoms with Gasteiger partial charge in [-0.1, -0.05) is 6.07 Å². The maximum absolute atomic E-state index is 14.8. The standard InChI is InChI=1S/C28H22FN7O2/c1-15-10-19(21-9-6-18(25(31)37)12-22(21)29)11-16(2)24(15)38-27-23-26(32-14-36(23)3)34-28(35-27)33-20-7-4-17(13-30)5-8-20/h4-12,14H,1-3H3,(H2,31,37)(H,33,34,35). The van der Waals surface area contributed by atoms with E-state index in [1.54, 1.807) is 35.2 Å². The minimum atomic E-state index is -0.689. The van der Waals surface area contributed by atoms with E-state index in [1.807, 2.05) is 33.0 Å². The zero-order chi connectivity index (χ0) is 27.0. The lowest BCUT2D eigenvalue weighted by atomic mass is 9.98.